The maximum atomic E-state index is 10.9. The summed E-state index contributed by atoms with van der Waals surface area (Å²) in [5, 5.41) is 14.1. The van der Waals surface area contributed by atoms with Gasteiger partial charge >= 0.3 is 5.69 Å². The Morgan fingerprint density at radius 3 is 2.81 bits per heavy atom. The van der Waals surface area contributed by atoms with Gasteiger partial charge in [-0.15, -0.1) is 0 Å². The maximum Gasteiger partial charge on any atom is 0.311 e. The van der Waals surface area contributed by atoms with Crippen molar-refractivity contribution in [2.75, 3.05) is 18.5 Å². The molecule has 0 unspecified atom stereocenters. The summed E-state index contributed by atoms with van der Waals surface area (Å²) in [6, 6.07) is 8.48. The third kappa shape index (κ3) is 4.22. The van der Waals surface area contributed by atoms with E-state index in [0.29, 0.717) is 24.2 Å². The average Bonchev–Trinajstić information content (AvgIpc) is 2.85. The van der Waals surface area contributed by atoms with E-state index in [9.17, 15) is 10.1 Å². The van der Waals surface area contributed by atoms with Crippen molar-refractivity contribution in [1.82, 2.24) is 0 Å². The number of ether oxygens (including phenoxy) is 1. The number of benzene rings is 1. The number of halogens is 1. The van der Waals surface area contributed by atoms with Crippen LogP contribution in [0.5, 0.6) is 5.75 Å². The van der Waals surface area contributed by atoms with Gasteiger partial charge in [0.05, 0.1) is 11.5 Å². The number of nitrogens with zero attached hydrogens (tertiary/aromatic N) is 1. The molecule has 0 aliphatic heterocycles. The van der Waals surface area contributed by atoms with Crippen molar-refractivity contribution < 1.29 is 14.1 Å². The predicted octanol–water partition coefficient (Wildman–Crippen LogP) is 4.00. The van der Waals surface area contributed by atoms with Crippen molar-refractivity contribution in [3.63, 3.8) is 0 Å². The molecule has 1 heterocycles. The molecule has 2 aromatic rings. The van der Waals surface area contributed by atoms with Crippen LogP contribution in [0.3, 0.4) is 0 Å². The molecule has 0 aliphatic rings. The van der Waals surface area contributed by atoms with E-state index in [0.717, 1.165) is 11.4 Å². The molecule has 1 aromatic heterocycles. The largest absolute Gasteiger partial charge is 0.487 e. The molecule has 0 fully saturated rings. The summed E-state index contributed by atoms with van der Waals surface area (Å²) >= 11 is 3.25. The van der Waals surface area contributed by atoms with Gasteiger partial charge in [0.15, 0.2) is 10.4 Å². The quantitative estimate of drug-likeness (QED) is 0.600. The topological polar surface area (TPSA) is 77.5 Å². The van der Waals surface area contributed by atoms with Crippen molar-refractivity contribution in [3.8, 4) is 5.75 Å². The summed E-state index contributed by atoms with van der Waals surface area (Å²) in [4.78, 5) is 10.4. The normalized spacial score (nSPS) is 10.4. The lowest BCUT2D eigenvalue weighted by atomic mass is 10.2. The lowest BCUT2D eigenvalue weighted by molar-refractivity contribution is -0.385. The molecule has 112 valence electrons. The first-order valence-corrected chi connectivity index (χ1v) is 7.28. The highest BCUT2D eigenvalue weighted by Gasteiger charge is 2.15. The van der Waals surface area contributed by atoms with Crippen LogP contribution in [0.4, 0.5) is 11.4 Å². The van der Waals surface area contributed by atoms with Gasteiger partial charge < -0.3 is 14.5 Å². The molecule has 0 spiro atoms. The van der Waals surface area contributed by atoms with Crippen molar-refractivity contribution in [1.29, 1.82) is 0 Å². The van der Waals surface area contributed by atoms with Gasteiger partial charge in [-0.3, -0.25) is 10.1 Å². The van der Waals surface area contributed by atoms with Crippen LogP contribution in [-0.4, -0.2) is 18.1 Å². The summed E-state index contributed by atoms with van der Waals surface area (Å²) in [6.45, 7) is 2.83. The van der Waals surface area contributed by atoms with Crippen LogP contribution in [-0.2, 0) is 6.42 Å². The summed E-state index contributed by atoms with van der Waals surface area (Å²) in [7, 11) is 0. The molecule has 0 atom stereocenters. The Kier molecular flexibility index (Phi) is 5.21. The van der Waals surface area contributed by atoms with Gasteiger partial charge in [0.1, 0.15) is 5.76 Å². The van der Waals surface area contributed by atoms with Crippen molar-refractivity contribution in [3.05, 3.63) is 50.9 Å². The summed E-state index contributed by atoms with van der Waals surface area (Å²) < 4.78 is 11.4. The van der Waals surface area contributed by atoms with Crippen molar-refractivity contribution in [2.45, 2.75) is 13.3 Å². The first-order valence-electron chi connectivity index (χ1n) is 6.49. The lowest BCUT2D eigenvalue weighted by Gasteiger charge is -2.09. The number of nitrogens with one attached hydrogen (secondary N) is 1. The Balaban J connectivity index is 1.99. The van der Waals surface area contributed by atoms with Crippen LogP contribution >= 0.6 is 15.9 Å². The van der Waals surface area contributed by atoms with E-state index >= 15 is 0 Å². The minimum absolute atomic E-state index is 0.0302. The molecule has 0 aliphatic carbocycles. The van der Waals surface area contributed by atoms with Gasteiger partial charge in [-0.2, -0.15) is 0 Å². The Hall–Kier alpha value is -2.02. The van der Waals surface area contributed by atoms with E-state index in [4.69, 9.17) is 9.15 Å². The van der Waals surface area contributed by atoms with Gasteiger partial charge in [0.25, 0.3) is 0 Å². The molecular weight excluding hydrogens is 340 g/mol. The zero-order valence-corrected chi connectivity index (χ0v) is 13.1. The molecule has 21 heavy (non-hydrogen) atoms. The smallest absolute Gasteiger partial charge is 0.311 e. The molecule has 0 saturated carbocycles. The highest BCUT2D eigenvalue weighted by Crippen LogP contribution is 2.30. The van der Waals surface area contributed by atoms with Crippen LogP contribution in [0.15, 0.2) is 39.4 Å². The number of furan rings is 1. The van der Waals surface area contributed by atoms with E-state index in [-0.39, 0.29) is 11.4 Å². The fourth-order valence-electron chi connectivity index (χ4n) is 1.86. The number of anilines is 1. The zero-order valence-electron chi connectivity index (χ0n) is 11.5. The Morgan fingerprint density at radius 1 is 1.38 bits per heavy atom. The number of nitro groups is 1. The number of nitro benzene ring substituents is 1. The monoisotopic (exact) mass is 354 g/mol. The Morgan fingerprint density at radius 2 is 2.19 bits per heavy atom. The minimum Gasteiger partial charge on any atom is -0.487 e. The average molecular weight is 355 g/mol. The summed E-state index contributed by atoms with van der Waals surface area (Å²) in [5.74, 6) is 1.13. The Bertz CT molecular complexity index is 627. The molecule has 0 radical (unpaired) electrons. The first kappa shape index (κ1) is 15.4. The van der Waals surface area contributed by atoms with Gasteiger partial charge in [-0.05, 0) is 41.1 Å². The van der Waals surface area contributed by atoms with E-state index < -0.39 is 4.92 Å². The minimum atomic E-state index is -0.449. The van der Waals surface area contributed by atoms with E-state index in [1.807, 2.05) is 12.1 Å². The van der Waals surface area contributed by atoms with Crippen LogP contribution in [0.1, 0.15) is 12.7 Å². The number of rotatable bonds is 7. The molecule has 0 bridgehead atoms. The fourth-order valence-corrected chi connectivity index (χ4v) is 2.20. The summed E-state index contributed by atoms with van der Waals surface area (Å²) in [6.07, 6.45) is 0.715. The fraction of sp³-hybridized carbons (Fsp3) is 0.286. The molecule has 6 nitrogen and oxygen atoms in total. The molecule has 0 saturated heterocycles. The second-order valence-electron chi connectivity index (χ2n) is 4.26. The molecule has 1 aromatic carbocycles. The SMILES string of the molecule is CCOc1cc(NCCc2ccc(Br)o2)ccc1[N+](=O)[O-]. The van der Waals surface area contributed by atoms with Gasteiger partial charge in [-0.25, -0.2) is 0 Å². The third-order valence-electron chi connectivity index (χ3n) is 2.79. The third-order valence-corrected chi connectivity index (χ3v) is 3.21. The lowest BCUT2D eigenvalue weighted by Crippen LogP contribution is -2.05. The number of hydrogen-bond donors (Lipinski definition) is 1. The molecular formula is C14H15BrN2O4. The van der Waals surface area contributed by atoms with Gasteiger partial charge in [0, 0.05) is 30.8 Å². The van der Waals surface area contributed by atoms with Crippen LogP contribution < -0.4 is 10.1 Å². The highest BCUT2D eigenvalue weighted by atomic mass is 79.9. The molecule has 1 N–H and O–H groups in total. The second-order valence-corrected chi connectivity index (χ2v) is 5.04. The van der Waals surface area contributed by atoms with Gasteiger partial charge in [-0.1, -0.05) is 0 Å². The zero-order chi connectivity index (χ0) is 15.2. The standard InChI is InChI=1S/C14H15BrN2O4/c1-2-20-13-9-10(3-5-12(13)17(18)19)16-8-7-11-4-6-14(15)21-11/h3-6,9,16H,2,7-8H2,1H3. The number of hydrogen-bond acceptors (Lipinski definition) is 5. The maximum absolute atomic E-state index is 10.9. The van der Waals surface area contributed by atoms with Crippen LogP contribution in [0.2, 0.25) is 0 Å². The molecule has 0 amide bonds. The first-order chi connectivity index (χ1) is 10.1. The van der Waals surface area contributed by atoms with E-state index in [1.165, 1.54) is 6.07 Å². The molecule has 2 rings (SSSR count). The van der Waals surface area contributed by atoms with Crippen molar-refractivity contribution in [2.24, 2.45) is 0 Å². The second kappa shape index (κ2) is 7.12. The summed E-state index contributed by atoms with van der Waals surface area (Å²) in [5.41, 5.74) is 0.743. The predicted molar refractivity (Wildman–Crippen MR) is 82.9 cm³/mol. The highest BCUT2D eigenvalue weighted by molar-refractivity contribution is 9.10. The van der Waals surface area contributed by atoms with E-state index in [2.05, 4.69) is 21.2 Å². The van der Waals surface area contributed by atoms with Crippen molar-refractivity contribution >= 4 is 27.3 Å². The van der Waals surface area contributed by atoms with Crippen LogP contribution in [0, 0.1) is 10.1 Å². The van der Waals surface area contributed by atoms with Crippen LogP contribution in [0.25, 0.3) is 0 Å². The molecule has 7 heteroatoms. The van der Waals surface area contributed by atoms with E-state index in [1.54, 1.807) is 19.1 Å². The Labute approximate surface area is 130 Å². The van der Waals surface area contributed by atoms with Gasteiger partial charge in [0.2, 0.25) is 0 Å².